The molecule has 0 aliphatic carbocycles. The molecule has 0 fully saturated rings. The van der Waals surface area contributed by atoms with Gasteiger partial charge in [-0.15, -0.1) is 0 Å². The van der Waals surface area contributed by atoms with Gasteiger partial charge in [0.2, 0.25) is 5.95 Å². The largest absolute Gasteiger partial charge is 0.354 e. The van der Waals surface area contributed by atoms with Crippen molar-refractivity contribution in [3.8, 4) is 0 Å². The van der Waals surface area contributed by atoms with Crippen molar-refractivity contribution in [3.05, 3.63) is 30.9 Å². The number of hydrogen-bond donors (Lipinski definition) is 2. The molecule has 0 spiro atoms. The predicted molar refractivity (Wildman–Crippen MR) is 78.8 cm³/mol. The molecule has 0 amide bonds. The topological polar surface area (TPSA) is 79.4 Å². The molecule has 102 valence electrons. The lowest BCUT2D eigenvalue weighted by Crippen LogP contribution is -2.05. The Bertz CT molecular complexity index is 696. The Kier molecular flexibility index (Phi) is 3.78. The summed E-state index contributed by atoms with van der Waals surface area (Å²) in [5.74, 6) is 0.614. The van der Waals surface area contributed by atoms with Crippen LogP contribution in [0.3, 0.4) is 0 Å². The van der Waals surface area contributed by atoms with Gasteiger partial charge in [-0.05, 0) is 18.6 Å². The highest BCUT2D eigenvalue weighted by Crippen LogP contribution is 2.30. The van der Waals surface area contributed by atoms with Crippen molar-refractivity contribution in [1.82, 2.24) is 24.9 Å². The number of anilines is 1. The summed E-state index contributed by atoms with van der Waals surface area (Å²) in [5, 5.41) is 4.06. The van der Waals surface area contributed by atoms with Gasteiger partial charge in [-0.25, -0.2) is 9.97 Å². The quantitative estimate of drug-likeness (QED) is 0.702. The van der Waals surface area contributed by atoms with Crippen LogP contribution in [0.15, 0.2) is 40.8 Å². The van der Waals surface area contributed by atoms with Crippen LogP contribution in [0.1, 0.15) is 13.3 Å². The number of imidazole rings is 1. The first-order valence-corrected chi connectivity index (χ1v) is 7.21. The zero-order valence-corrected chi connectivity index (χ0v) is 11.8. The van der Waals surface area contributed by atoms with Crippen molar-refractivity contribution >= 4 is 28.9 Å². The zero-order chi connectivity index (χ0) is 13.8. The fourth-order valence-corrected chi connectivity index (χ4v) is 2.58. The van der Waals surface area contributed by atoms with Crippen molar-refractivity contribution in [3.63, 3.8) is 0 Å². The molecule has 20 heavy (non-hydrogen) atoms. The molecule has 0 atom stereocenters. The third-order valence-corrected chi connectivity index (χ3v) is 3.65. The molecule has 0 saturated carbocycles. The molecule has 0 aliphatic rings. The van der Waals surface area contributed by atoms with Crippen molar-refractivity contribution in [2.45, 2.75) is 23.3 Å². The maximum absolute atomic E-state index is 4.56. The molecule has 3 aromatic rings. The summed E-state index contributed by atoms with van der Waals surface area (Å²) in [6.07, 6.45) is 6.20. The second-order valence-electron chi connectivity index (χ2n) is 4.17. The van der Waals surface area contributed by atoms with Gasteiger partial charge in [0.25, 0.3) is 0 Å². The minimum atomic E-state index is 0.614. The minimum Gasteiger partial charge on any atom is -0.354 e. The summed E-state index contributed by atoms with van der Waals surface area (Å²) in [7, 11) is 0. The third kappa shape index (κ3) is 2.72. The Hall–Kier alpha value is -2.15. The van der Waals surface area contributed by atoms with Crippen LogP contribution < -0.4 is 5.32 Å². The lowest BCUT2D eigenvalue weighted by molar-refractivity contribution is 0.943. The van der Waals surface area contributed by atoms with Crippen molar-refractivity contribution in [1.29, 1.82) is 0 Å². The molecular weight excluding hydrogens is 272 g/mol. The average molecular weight is 286 g/mol. The maximum Gasteiger partial charge on any atom is 0.225 e. The normalized spacial score (nSPS) is 10.8. The second kappa shape index (κ2) is 5.87. The lowest BCUT2D eigenvalue weighted by atomic mass is 10.5. The molecule has 0 saturated heterocycles. The van der Waals surface area contributed by atoms with Gasteiger partial charge in [0, 0.05) is 23.8 Å². The van der Waals surface area contributed by atoms with E-state index < -0.39 is 0 Å². The zero-order valence-electron chi connectivity index (χ0n) is 11.0. The Morgan fingerprint density at radius 1 is 1.25 bits per heavy atom. The number of nitrogens with zero attached hydrogens (tertiary/aromatic N) is 4. The van der Waals surface area contributed by atoms with E-state index in [1.165, 1.54) is 0 Å². The van der Waals surface area contributed by atoms with Crippen molar-refractivity contribution in [2.24, 2.45) is 0 Å². The van der Waals surface area contributed by atoms with Gasteiger partial charge >= 0.3 is 0 Å². The molecule has 3 heterocycles. The van der Waals surface area contributed by atoms with Crippen LogP contribution in [0.2, 0.25) is 0 Å². The van der Waals surface area contributed by atoms with Gasteiger partial charge in [-0.2, -0.15) is 4.98 Å². The van der Waals surface area contributed by atoms with Crippen molar-refractivity contribution in [2.75, 3.05) is 11.9 Å². The first-order chi connectivity index (χ1) is 9.86. The van der Waals surface area contributed by atoms with Gasteiger partial charge in [0.05, 0.1) is 6.33 Å². The molecule has 6 nitrogen and oxygen atoms in total. The summed E-state index contributed by atoms with van der Waals surface area (Å²) < 4.78 is 0. The average Bonchev–Trinajstić information content (AvgIpc) is 2.95. The van der Waals surface area contributed by atoms with E-state index in [0.29, 0.717) is 11.6 Å². The van der Waals surface area contributed by atoms with Crippen LogP contribution in [0.4, 0.5) is 5.95 Å². The molecule has 0 aromatic carbocycles. The first-order valence-electron chi connectivity index (χ1n) is 6.39. The fourth-order valence-electron chi connectivity index (χ4n) is 1.71. The number of aromatic nitrogens is 5. The van der Waals surface area contributed by atoms with Gasteiger partial charge in [-0.3, -0.25) is 4.98 Å². The molecule has 7 heteroatoms. The molecule has 3 rings (SSSR count). The van der Waals surface area contributed by atoms with E-state index in [1.54, 1.807) is 30.5 Å². The SMILES string of the molecule is CCCNc1nc(Sc2ccncc2)c2[nH]cnc2n1. The van der Waals surface area contributed by atoms with Gasteiger partial charge in [0.15, 0.2) is 5.65 Å². The summed E-state index contributed by atoms with van der Waals surface area (Å²) in [6.45, 7) is 2.95. The number of pyridine rings is 1. The number of hydrogen-bond acceptors (Lipinski definition) is 6. The smallest absolute Gasteiger partial charge is 0.225 e. The monoisotopic (exact) mass is 286 g/mol. The van der Waals surface area contributed by atoms with Crippen LogP contribution in [-0.2, 0) is 0 Å². The minimum absolute atomic E-state index is 0.614. The van der Waals surface area contributed by atoms with E-state index >= 15 is 0 Å². The predicted octanol–water partition coefficient (Wildman–Crippen LogP) is 2.72. The van der Waals surface area contributed by atoms with Gasteiger partial charge < -0.3 is 10.3 Å². The van der Waals surface area contributed by atoms with Crippen LogP contribution in [0.25, 0.3) is 11.2 Å². The van der Waals surface area contributed by atoms with E-state index in [0.717, 1.165) is 28.4 Å². The Labute approximate surface area is 120 Å². The number of H-pyrrole nitrogens is 1. The summed E-state index contributed by atoms with van der Waals surface area (Å²) in [6, 6.07) is 3.91. The van der Waals surface area contributed by atoms with Crippen LogP contribution >= 0.6 is 11.8 Å². The summed E-state index contributed by atoms with van der Waals surface area (Å²) >= 11 is 1.57. The van der Waals surface area contributed by atoms with E-state index in [1.807, 2.05) is 12.1 Å². The summed E-state index contributed by atoms with van der Waals surface area (Å²) in [4.78, 5) is 21.3. The highest BCUT2D eigenvalue weighted by molar-refractivity contribution is 7.99. The standard InChI is InChI=1S/C13H14N6S/c1-2-5-15-13-18-11-10(16-8-17-11)12(19-13)20-9-3-6-14-7-4-9/h3-4,6-8H,2,5H2,1H3,(H2,15,16,17,18,19). The molecule has 0 radical (unpaired) electrons. The van der Waals surface area contributed by atoms with Gasteiger partial charge in [0.1, 0.15) is 10.5 Å². The first kappa shape index (κ1) is 12.9. The van der Waals surface area contributed by atoms with Crippen molar-refractivity contribution < 1.29 is 0 Å². The molecule has 0 aliphatic heterocycles. The number of fused-ring (bicyclic) bond motifs is 1. The molecular formula is C13H14N6S. The maximum atomic E-state index is 4.56. The highest BCUT2D eigenvalue weighted by Gasteiger charge is 2.11. The van der Waals surface area contributed by atoms with Crippen LogP contribution in [0.5, 0.6) is 0 Å². The van der Waals surface area contributed by atoms with Crippen LogP contribution in [0, 0.1) is 0 Å². The van der Waals surface area contributed by atoms with E-state index in [9.17, 15) is 0 Å². The van der Waals surface area contributed by atoms with E-state index in [2.05, 4.69) is 37.2 Å². The van der Waals surface area contributed by atoms with Crippen LogP contribution in [-0.4, -0.2) is 31.5 Å². The highest BCUT2D eigenvalue weighted by atomic mass is 32.2. The Balaban J connectivity index is 1.97. The molecule has 0 bridgehead atoms. The second-order valence-corrected chi connectivity index (χ2v) is 5.23. The third-order valence-electron chi connectivity index (χ3n) is 2.65. The lowest BCUT2D eigenvalue weighted by Gasteiger charge is -2.06. The Morgan fingerprint density at radius 3 is 2.90 bits per heavy atom. The fraction of sp³-hybridized carbons (Fsp3) is 0.231. The number of rotatable bonds is 5. The number of nitrogens with one attached hydrogen (secondary N) is 2. The molecule has 3 aromatic heterocycles. The summed E-state index contributed by atoms with van der Waals surface area (Å²) in [5.41, 5.74) is 1.53. The number of aromatic amines is 1. The Morgan fingerprint density at radius 2 is 2.10 bits per heavy atom. The van der Waals surface area contributed by atoms with E-state index in [4.69, 9.17) is 0 Å². The van der Waals surface area contributed by atoms with E-state index in [-0.39, 0.29) is 0 Å². The molecule has 0 unspecified atom stereocenters. The molecule has 2 N–H and O–H groups in total. The van der Waals surface area contributed by atoms with Gasteiger partial charge in [-0.1, -0.05) is 18.7 Å².